The second-order valence-electron chi connectivity index (χ2n) is 5.72. The lowest BCUT2D eigenvalue weighted by Gasteiger charge is -2.22. The van der Waals surface area contributed by atoms with Crippen molar-refractivity contribution in [2.75, 3.05) is 6.61 Å². The summed E-state index contributed by atoms with van der Waals surface area (Å²) in [4.78, 5) is 16.6. The fraction of sp³-hybridized carbons (Fsp3) is 0.263. The van der Waals surface area contributed by atoms with Crippen LogP contribution in [0.2, 0.25) is 0 Å². The number of carbonyl (C=O) groups excluding carboxylic acids is 1. The Morgan fingerprint density at radius 3 is 2.67 bits per heavy atom. The first kappa shape index (κ1) is 16.1. The number of nitrogens with one attached hydrogen (secondary N) is 1. The van der Waals surface area contributed by atoms with Gasteiger partial charge in [0.1, 0.15) is 11.7 Å². The summed E-state index contributed by atoms with van der Waals surface area (Å²) in [7, 11) is 0. The van der Waals surface area contributed by atoms with Crippen LogP contribution in [0.5, 0.6) is 0 Å². The van der Waals surface area contributed by atoms with E-state index in [0.29, 0.717) is 6.61 Å². The van der Waals surface area contributed by atoms with Crippen molar-refractivity contribution >= 4 is 11.7 Å². The summed E-state index contributed by atoms with van der Waals surface area (Å²) in [6.45, 7) is 6.22. The molecule has 0 aliphatic carbocycles. The molecule has 3 rings (SSSR count). The van der Waals surface area contributed by atoms with Crippen molar-refractivity contribution in [1.29, 1.82) is 0 Å². The average molecular weight is 323 g/mol. The third kappa shape index (κ3) is 2.97. The second kappa shape index (κ2) is 6.74. The summed E-state index contributed by atoms with van der Waals surface area (Å²) in [5.74, 6) is 0. The highest BCUT2D eigenvalue weighted by Crippen LogP contribution is 2.28. The predicted octanol–water partition coefficient (Wildman–Crippen LogP) is 3.79. The topological polar surface area (TPSA) is 55.6 Å². The minimum atomic E-state index is -0.434. The van der Waals surface area contributed by atoms with E-state index in [0.717, 1.165) is 28.0 Å². The van der Waals surface area contributed by atoms with Gasteiger partial charge in [0.25, 0.3) is 0 Å². The Morgan fingerprint density at radius 1 is 1.21 bits per heavy atom. The molecule has 2 heterocycles. The number of benzene rings is 1. The van der Waals surface area contributed by atoms with E-state index < -0.39 is 6.09 Å². The van der Waals surface area contributed by atoms with Crippen LogP contribution in [0, 0.1) is 13.8 Å². The number of amides is 1. The van der Waals surface area contributed by atoms with Crippen LogP contribution in [0.25, 0.3) is 5.65 Å². The zero-order valence-electron chi connectivity index (χ0n) is 14.1. The number of nitrogens with zero attached hydrogens (tertiary/aromatic N) is 2. The minimum Gasteiger partial charge on any atom is -0.450 e. The molecule has 0 saturated carbocycles. The maximum atomic E-state index is 12.1. The fourth-order valence-electron chi connectivity index (χ4n) is 3.03. The summed E-state index contributed by atoms with van der Waals surface area (Å²) in [6, 6.07) is 11.6. The Bertz CT molecular complexity index is 850. The molecule has 0 bridgehead atoms. The number of imidazole rings is 1. The van der Waals surface area contributed by atoms with Crippen LogP contribution >= 0.6 is 0 Å². The number of hydrogen-bond acceptors (Lipinski definition) is 3. The van der Waals surface area contributed by atoms with Crippen LogP contribution in [-0.4, -0.2) is 22.1 Å². The lowest BCUT2D eigenvalue weighted by atomic mass is 9.94. The molecule has 1 amide bonds. The van der Waals surface area contributed by atoms with Crippen LogP contribution in [0.1, 0.15) is 35.3 Å². The van der Waals surface area contributed by atoms with Crippen LogP contribution in [0.15, 0.2) is 48.8 Å². The maximum Gasteiger partial charge on any atom is 0.407 e. The van der Waals surface area contributed by atoms with E-state index in [4.69, 9.17) is 4.74 Å². The van der Waals surface area contributed by atoms with Crippen LogP contribution in [-0.2, 0) is 4.74 Å². The van der Waals surface area contributed by atoms with Gasteiger partial charge in [0.2, 0.25) is 0 Å². The van der Waals surface area contributed by atoms with Gasteiger partial charge in [-0.3, -0.25) is 0 Å². The summed E-state index contributed by atoms with van der Waals surface area (Å²) in [6.07, 6.45) is 3.32. The molecule has 0 aliphatic heterocycles. The molecule has 24 heavy (non-hydrogen) atoms. The van der Waals surface area contributed by atoms with Gasteiger partial charge in [-0.15, -0.1) is 0 Å². The standard InChI is InChI=1S/C19H21N3O2/c1-4-24-19(23)21-18(17-13(2)8-7-9-14(17)3)15-12-20-16-10-5-6-11-22(15)16/h5-12,18H,4H2,1-3H3,(H,21,23). The van der Waals surface area contributed by atoms with Crippen molar-refractivity contribution < 1.29 is 9.53 Å². The largest absolute Gasteiger partial charge is 0.450 e. The highest BCUT2D eigenvalue weighted by molar-refractivity contribution is 5.69. The Morgan fingerprint density at radius 2 is 1.96 bits per heavy atom. The molecule has 1 aromatic carbocycles. The fourth-order valence-corrected chi connectivity index (χ4v) is 3.03. The molecule has 2 aromatic heterocycles. The van der Waals surface area contributed by atoms with Crippen molar-refractivity contribution in [3.8, 4) is 0 Å². The van der Waals surface area contributed by atoms with Gasteiger partial charge in [0.05, 0.1) is 18.5 Å². The molecular weight excluding hydrogens is 302 g/mol. The predicted molar refractivity (Wildman–Crippen MR) is 93.1 cm³/mol. The summed E-state index contributed by atoms with van der Waals surface area (Å²) in [5.41, 5.74) is 5.03. The first-order chi connectivity index (χ1) is 11.6. The summed E-state index contributed by atoms with van der Waals surface area (Å²) in [5, 5.41) is 2.99. The number of hydrogen-bond donors (Lipinski definition) is 1. The molecule has 1 N–H and O–H groups in total. The number of aromatic nitrogens is 2. The summed E-state index contributed by atoms with van der Waals surface area (Å²) < 4.78 is 7.09. The van der Waals surface area contributed by atoms with Crippen molar-refractivity contribution in [2.24, 2.45) is 0 Å². The quantitative estimate of drug-likeness (QED) is 0.795. The maximum absolute atomic E-state index is 12.1. The Kier molecular flexibility index (Phi) is 4.51. The third-order valence-electron chi connectivity index (χ3n) is 4.11. The lowest BCUT2D eigenvalue weighted by molar-refractivity contribution is 0.149. The average Bonchev–Trinajstić information content (AvgIpc) is 2.98. The molecular formula is C19H21N3O2. The molecule has 0 saturated heterocycles. The van der Waals surface area contributed by atoms with E-state index in [1.54, 1.807) is 13.1 Å². The highest BCUT2D eigenvalue weighted by atomic mass is 16.5. The Hall–Kier alpha value is -2.82. The molecule has 3 aromatic rings. The van der Waals surface area contributed by atoms with E-state index in [1.165, 1.54) is 0 Å². The normalized spacial score (nSPS) is 12.1. The van der Waals surface area contributed by atoms with Gasteiger partial charge < -0.3 is 14.5 Å². The van der Waals surface area contributed by atoms with E-state index in [1.807, 2.05) is 60.8 Å². The molecule has 0 spiro atoms. The first-order valence-electron chi connectivity index (χ1n) is 8.03. The lowest BCUT2D eigenvalue weighted by Crippen LogP contribution is -2.31. The first-order valence-corrected chi connectivity index (χ1v) is 8.03. The molecule has 1 atom stereocenters. The molecule has 0 fully saturated rings. The molecule has 1 unspecified atom stereocenters. The smallest absolute Gasteiger partial charge is 0.407 e. The van der Waals surface area contributed by atoms with Gasteiger partial charge in [0.15, 0.2) is 0 Å². The van der Waals surface area contributed by atoms with E-state index in [2.05, 4.69) is 10.3 Å². The van der Waals surface area contributed by atoms with Gasteiger partial charge in [-0.2, -0.15) is 0 Å². The SMILES string of the molecule is CCOC(=O)NC(c1c(C)cccc1C)c1cnc2ccccn12. The zero-order chi connectivity index (χ0) is 17.1. The van der Waals surface area contributed by atoms with Crippen LogP contribution in [0.3, 0.4) is 0 Å². The van der Waals surface area contributed by atoms with Gasteiger partial charge in [-0.05, 0) is 49.6 Å². The summed E-state index contributed by atoms with van der Waals surface area (Å²) >= 11 is 0. The number of pyridine rings is 1. The van der Waals surface area contributed by atoms with Crippen LogP contribution in [0.4, 0.5) is 4.79 Å². The number of carbonyl (C=O) groups is 1. The van der Waals surface area contributed by atoms with Gasteiger partial charge in [-0.25, -0.2) is 9.78 Å². The number of alkyl carbamates (subject to hydrolysis) is 1. The van der Waals surface area contributed by atoms with E-state index >= 15 is 0 Å². The Labute approximate surface area is 141 Å². The zero-order valence-corrected chi connectivity index (χ0v) is 14.1. The number of fused-ring (bicyclic) bond motifs is 1. The van der Waals surface area contributed by atoms with Gasteiger partial charge in [0, 0.05) is 6.20 Å². The molecule has 5 nitrogen and oxygen atoms in total. The van der Waals surface area contributed by atoms with E-state index in [9.17, 15) is 4.79 Å². The highest BCUT2D eigenvalue weighted by Gasteiger charge is 2.24. The molecule has 0 radical (unpaired) electrons. The second-order valence-corrected chi connectivity index (χ2v) is 5.72. The number of ether oxygens (including phenoxy) is 1. The molecule has 5 heteroatoms. The monoisotopic (exact) mass is 323 g/mol. The minimum absolute atomic E-state index is 0.331. The van der Waals surface area contributed by atoms with E-state index in [-0.39, 0.29) is 6.04 Å². The van der Waals surface area contributed by atoms with Crippen molar-refractivity contribution in [2.45, 2.75) is 26.8 Å². The van der Waals surface area contributed by atoms with Crippen molar-refractivity contribution in [1.82, 2.24) is 14.7 Å². The van der Waals surface area contributed by atoms with Crippen molar-refractivity contribution in [3.05, 3.63) is 71.2 Å². The van der Waals surface area contributed by atoms with Gasteiger partial charge >= 0.3 is 6.09 Å². The van der Waals surface area contributed by atoms with Crippen LogP contribution < -0.4 is 5.32 Å². The Balaban J connectivity index is 2.13. The molecule has 0 aliphatic rings. The third-order valence-corrected chi connectivity index (χ3v) is 4.11. The van der Waals surface area contributed by atoms with Gasteiger partial charge in [-0.1, -0.05) is 24.3 Å². The van der Waals surface area contributed by atoms with Crippen molar-refractivity contribution in [3.63, 3.8) is 0 Å². The number of aryl methyl sites for hydroxylation is 2. The number of rotatable bonds is 4. The molecule has 124 valence electrons.